The predicted octanol–water partition coefficient (Wildman–Crippen LogP) is 4.98. The third-order valence-electron chi connectivity index (χ3n) is 5.63. The van der Waals surface area contributed by atoms with Gasteiger partial charge in [-0.05, 0) is 49.4 Å². The number of carbonyl (C=O) groups is 1. The molecule has 0 unspecified atom stereocenters. The fourth-order valence-electron chi connectivity index (χ4n) is 3.94. The lowest BCUT2D eigenvalue weighted by Crippen LogP contribution is -2.42. The Hall–Kier alpha value is -2.30. The van der Waals surface area contributed by atoms with Gasteiger partial charge >= 0.3 is 6.18 Å². The van der Waals surface area contributed by atoms with Gasteiger partial charge in [0.25, 0.3) is 5.91 Å². The van der Waals surface area contributed by atoms with E-state index in [1.807, 2.05) is 0 Å². The number of ether oxygens (including phenoxy) is 1. The second-order valence-electron chi connectivity index (χ2n) is 7.77. The summed E-state index contributed by atoms with van der Waals surface area (Å²) in [5.41, 5.74) is 1.20. The zero-order valence-corrected chi connectivity index (χ0v) is 17.5. The molecule has 1 aliphatic carbocycles. The zero-order valence-electron chi connectivity index (χ0n) is 16.7. The van der Waals surface area contributed by atoms with Crippen molar-refractivity contribution in [2.45, 2.75) is 31.9 Å². The maximum Gasteiger partial charge on any atom is 0.416 e. The molecule has 1 aromatic heterocycles. The molecule has 2 N–H and O–H groups in total. The summed E-state index contributed by atoms with van der Waals surface area (Å²) in [5, 5.41) is 0. The highest BCUT2D eigenvalue weighted by molar-refractivity contribution is 8.24. The normalized spacial score (nSPS) is 19.5. The van der Waals surface area contributed by atoms with Gasteiger partial charge in [0.15, 0.2) is 0 Å². The molecule has 0 bridgehead atoms. The molecule has 1 amide bonds. The highest BCUT2D eigenvalue weighted by Crippen LogP contribution is 2.41. The smallest absolute Gasteiger partial charge is 0.416 e. The van der Waals surface area contributed by atoms with Gasteiger partial charge < -0.3 is 9.64 Å². The number of rotatable bonds is 3. The second-order valence-corrected chi connectivity index (χ2v) is 10.2. The van der Waals surface area contributed by atoms with Crippen molar-refractivity contribution in [2.75, 3.05) is 24.6 Å². The Kier molecular flexibility index (Phi) is 5.89. The Morgan fingerprint density at radius 2 is 1.77 bits per heavy atom. The minimum atomic E-state index is -4.47. The second kappa shape index (κ2) is 8.33. The molecule has 31 heavy (non-hydrogen) atoms. The number of benzene rings is 1. The summed E-state index contributed by atoms with van der Waals surface area (Å²) in [4.78, 5) is 18.9. The third kappa shape index (κ3) is 4.81. The minimum Gasteiger partial charge on any atom is -0.439 e. The molecule has 10 heteroatoms. The first kappa shape index (κ1) is 21.9. The van der Waals surface area contributed by atoms with Gasteiger partial charge in [0.1, 0.15) is 5.75 Å². The van der Waals surface area contributed by atoms with Crippen LogP contribution in [0.3, 0.4) is 0 Å². The number of aromatic nitrogens is 1. The van der Waals surface area contributed by atoms with Crippen molar-refractivity contribution >= 4 is 16.5 Å². The lowest BCUT2D eigenvalue weighted by molar-refractivity contribution is -0.137. The van der Waals surface area contributed by atoms with Crippen LogP contribution in [0.15, 0.2) is 30.5 Å². The molecular formula is C21H23F3N2O4S. The van der Waals surface area contributed by atoms with Crippen LogP contribution in [-0.2, 0) is 19.0 Å². The van der Waals surface area contributed by atoms with Gasteiger partial charge in [-0.3, -0.25) is 13.9 Å². The molecule has 2 aliphatic rings. The topological polar surface area (TPSA) is 82.9 Å². The van der Waals surface area contributed by atoms with E-state index in [2.05, 4.69) is 4.98 Å². The van der Waals surface area contributed by atoms with Crippen molar-refractivity contribution in [3.05, 3.63) is 52.7 Å². The van der Waals surface area contributed by atoms with Gasteiger partial charge in [-0.15, -0.1) is 0 Å². The molecule has 6 nitrogen and oxygen atoms in total. The van der Waals surface area contributed by atoms with E-state index >= 15 is 0 Å². The van der Waals surface area contributed by atoms with Crippen molar-refractivity contribution in [1.82, 2.24) is 9.88 Å². The van der Waals surface area contributed by atoms with E-state index in [1.165, 1.54) is 18.3 Å². The SMILES string of the molecule is O=C(c1cnc(Oc2cccc(C(F)(F)F)c2)c2c1CCCC2)N1CCS(O)(O)CC1. The Labute approximate surface area is 179 Å². The molecule has 1 aromatic carbocycles. The summed E-state index contributed by atoms with van der Waals surface area (Å²) in [6, 6.07) is 4.63. The van der Waals surface area contributed by atoms with Crippen molar-refractivity contribution in [1.29, 1.82) is 0 Å². The third-order valence-corrected chi connectivity index (χ3v) is 7.30. The molecule has 1 saturated heterocycles. The molecule has 0 radical (unpaired) electrons. The Bertz CT molecular complexity index is 987. The summed E-state index contributed by atoms with van der Waals surface area (Å²) in [5.74, 6) is 0.357. The summed E-state index contributed by atoms with van der Waals surface area (Å²) in [7, 11) is -2.61. The van der Waals surface area contributed by atoms with E-state index in [-0.39, 0.29) is 42.1 Å². The lowest BCUT2D eigenvalue weighted by atomic mass is 9.89. The van der Waals surface area contributed by atoms with Gasteiger partial charge in [-0.2, -0.15) is 23.8 Å². The van der Waals surface area contributed by atoms with Crippen molar-refractivity contribution in [3.63, 3.8) is 0 Å². The van der Waals surface area contributed by atoms with Crippen LogP contribution < -0.4 is 4.74 Å². The molecule has 0 atom stereocenters. The monoisotopic (exact) mass is 456 g/mol. The maximum absolute atomic E-state index is 13.1. The maximum atomic E-state index is 13.1. The zero-order chi connectivity index (χ0) is 22.2. The van der Waals surface area contributed by atoms with Crippen LogP contribution in [0, 0.1) is 0 Å². The molecular weight excluding hydrogens is 433 g/mol. The fraction of sp³-hybridized carbons (Fsp3) is 0.429. The summed E-state index contributed by atoms with van der Waals surface area (Å²) in [6.45, 7) is 0.525. The van der Waals surface area contributed by atoms with Crippen LogP contribution in [0.1, 0.15) is 39.9 Å². The van der Waals surface area contributed by atoms with Gasteiger partial charge in [-0.1, -0.05) is 6.07 Å². The fourth-order valence-corrected chi connectivity index (χ4v) is 5.17. The molecule has 2 heterocycles. The van der Waals surface area contributed by atoms with Gasteiger partial charge in [0, 0.05) is 24.8 Å². The minimum absolute atomic E-state index is 0.0374. The van der Waals surface area contributed by atoms with Crippen LogP contribution in [0.2, 0.25) is 0 Å². The number of pyridine rings is 1. The van der Waals surface area contributed by atoms with Gasteiger partial charge in [0.2, 0.25) is 5.88 Å². The largest absolute Gasteiger partial charge is 0.439 e. The highest BCUT2D eigenvalue weighted by atomic mass is 32.3. The predicted molar refractivity (Wildman–Crippen MR) is 111 cm³/mol. The van der Waals surface area contributed by atoms with Gasteiger partial charge in [0.05, 0.1) is 22.6 Å². The Morgan fingerprint density at radius 3 is 2.45 bits per heavy atom. The van der Waals surface area contributed by atoms with E-state index in [0.29, 0.717) is 18.4 Å². The Balaban J connectivity index is 1.61. The summed E-state index contributed by atoms with van der Waals surface area (Å²) in [6.07, 6.45) is -0.0165. The number of nitrogens with zero attached hydrogens (tertiary/aromatic N) is 2. The van der Waals surface area contributed by atoms with E-state index in [4.69, 9.17) is 4.74 Å². The van der Waals surface area contributed by atoms with E-state index in [9.17, 15) is 27.1 Å². The van der Waals surface area contributed by atoms with E-state index in [0.717, 1.165) is 36.1 Å². The number of hydrogen-bond acceptors (Lipinski definition) is 5. The molecule has 168 valence electrons. The van der Waals surface area contributed by atoms with Gasteiger partial charge in [-0.25, -0.2) is 4.98 Å². The molecule has 0 saturated carbocycles. The van der Waals surface area contributed by atoms with Crippen LogP contribution in [0.25, 0.3) is 0 Å². The van der Waals surface area contributed by atoms with Crippen molar-refractivity contribution in [3.8, 4) is 11.6 Å². The number of hydrogen-bond donors (Lipinski definition) is 2. The van der Waals surface area contributed by atoms with Crippen LogP contribution in [0.5, 0.6) is 11.6 Å². The molecule has 0 spiro atoms. The van der Waals surface area contributed by atoms with Crippen molar-refractivity contribution < 1.29 is 31.8 Å². The van der Waals surface area contributed by atoms with E-state index in [1.54, 1.807) is 4.90 Å². The molecule has 2 aromatic rings. The molecule has 1 aliphatic heterocycles. The average Bonchev–Trinajstić information content (AvgIpc) is 2.73. The van der Waals surface area contributed by atoms with Crippen LogP contribution in [-0.4, -0.2) is 49.5 Å². The Morgan fingerprint density at radius 1 is 1.10 bits per heavy atom. The van der Waals surface area contributed by atoms with Crippen LogP contribution in [0.4, 0.5) is 13.2 Å². The quantitative estimate of drug-likeness (QED) is 0.681. The van der Waals surface area contributed by atoms with Crippen molar-refractivity contribution in [2.24, 2.45) is 0 Å². The summed E-state index contributed by atoms with van der Waals surface area (Å²) < 4.78 is 64.3. The number of fused-ring (bicyclic) bond motifs is 1. The highest BCUT2D eigenvalue weighted by Gasteiger charge is 2.32. The summed E-state index contributed by atoms with van der Waals surface area (Å²) >= 11 is 0. The average molecular weight is 456 g/mol. The number of alkyl halides is 3. The first-order valence-corrected chi connectivity index (χ1v) is 11.9. The van der Waals surface area contributed by atoms with Crippen LogP contribution >= 0.6 is 10.6 Å². The molecule has 4 rings (SSSR count). The molecule has 1 fully saturated rings. The lowest BCUT2D eigenvalue weighted by Gasteiger charge is -2.41. The number of carbonyl (C=O) groups excluding carboxylic acids is 1. The standard InChI is InChI=1S/C21H23F3N2O4S/c22-21(23,24)14-4-3-5-15(12-14)30-19-17-7-2-1-6-16(17)18(13-25-19)20(27)26-8-10-31(28,29)11-9-26/h3-5,12-13,28-29H,1-2,6-11H2. The first-order valence-electron chi connectivity index (χ1n) is 10.0. The number of amides is 1. The van der Waals surface area contributed by atoms with E-state index < -0.39 is 22.3 Å². The number of halogens is 3. The first-order chi connectivity index (χ1) is 14.6.